The van der Waals surface area contributed by atoms with E-state index in [9.17, 15) is 4.79 Å². The molecule has 1 atom stereocenters. The summed E-state index contributed by atoms with van der Waals surface area (Å²) in [6.07, 6.45) is 4.66. The quantitative estimate of drug-likeness (QED) is 0.765. The molecule has 0 amide bonds. The van der Waals surface area contributed by atoms with Gasteiger partial charge in [0.25, 0.3) is 0 Å². The van der Waals surface area contributed by atoms with Gasteiger partial charge in [-0.2, -0.15) is 0 Å². The van der Waals surface area contributed by atoms with Gasteiger partial charge in [-0.05, 0) is 36.6 Å². The van der Waals surface area contributed by atoms with E-state index in [4.69, 9.17) is 22.1 Å². The first-order valence-electron chi connectivity index (χ1n) is 7.95. The number of carbonyl (C=O) groups is 1. The predicted molar refractivity (Wildman–Crippen MR) is 98.8 cm³/mol. The van der Waals surface area contributed by atoms with Crippen molar-refractivity contribution in [1.29, 1.82) is 0 Å². The van der Waals surface area contributed by atoms with Gasteiger partial charge in [0.15, 0.2) is 0 Å². The average Bonchev–Trinajstić information content (AvgIpc) is 2.58. The fraction of sp³-hybridized carbons (Fsp3) is 0.250. The first-order valence-corrected chi connectivity index (χ1v) is 8.33. The Morgan fingerprint density at radius 3 is 2.46 bits per heavy atom. The second kappa shape index (κ2) is 8.67. The van der Waals surface area contributed by atoms with Gasteiger partial charge in [-0.1, -0.05) is 66.2 Å². The molecule has 0 aliphatic rings. The molecule has 4 heteroatoms. The van der Waals surface area contributed by atoms with E-state index in [-0.39, 0.29) is 5.97 Å². The molecule has 0 radical (unpaired) electrons. The fourth-order valence-corrected chi connectivity index (χ4v) is 2.57. The summed E-state index contributed by atoms with van der Waals surface area (Å²) in [5.74, 6) is -0.380. The van der Waals surface area contributed by atoms with Crippen molar-refractivity contribution in [2.24, 2.45) is 5.73 Å². The molecule has 0 fully saturated rings. The summed E-state index contributed by atoms with van der Waals surface area (Å²) in [6.45, 7) is 2.10. The Morgan fingerprint density at radius 2 is 1.83 bits per heavy atom. The lowest BCUT2D eigenvalue weighted by molar-refractivity contribution is -0.149. The summed E-state index contributed by atoms with van der Waals surface area (Å²) in [6, 6.07) is 17.2. The van der Waals surface area contributed by atoms with Crippen LogP contribution < -0.4 is 5.73 Å². The minimum atomic E-state index is -1.08. The zero-order valence-electron chi connectivity index (χ0n) is 13.7. The van der Waals surface area contributed by atoms with E-state index in [1.807, 2.05) is 66.7 Å². The lowest BCUT2D eigenvalue weighted by atomic mass is 9.88. The van der Waals surface area contributed by atoms with Gasteiger partial charge in [-0.15, -0.1) is 0 Å². The molecule has 2 aromatic rings. The van der Waals surface area contributed by atoms with Gasteiger partial charge >= 0.3 is 5.97 Å². The van der Waals surface area contributed by atoms with Crippen molar-refractivity contribution in [3.05, 3.63) is 76.8 Å². The minimum absolute atomic E-state index is 0.313. The van der Waals surface area contributed by atoms with Gasteiger partial charge in [-0.3, -0.25) is 4.79 Å². The number of carbonyl (C=O) groups excluding carboxylic acids is 1. The zero-order valence-corrected chi connectivity index (χ0v) is 14.5. The molecule has 0 aromatic heterocycles. The van der Waals surface area contributed by atoms with Gasteiger partial charge in [-0.25, -0.2) is 0 Å². The van der Waals surface area contributed by atoms with Crippen molar-refractivity contribution in [2.75, 3.05) is 6.61 Å². The number of nitrogens with two attached hydrogens (primary N) is 1. The maximum atomic E-state index is 12.4. The second-order valence-corrected chi connectivity index (χ2v) is 6.13. The van der Waals surface area contributed by atoms with Gasteiger partial charge in [0.2, 0.25) is 0 Å². The van der Waals surface area contributed by atoms with Gasteiger partial charge in [0.1, 0.15) is 5.54 Å². The maximum absolute atomic E-state index is 12.4. The van der Waals surface area contributed by atoms with Crippen LogP contribution in [0, 0.1) is 0 Å². The third kappa shape index (κ3) is 5.22. The number of hydrogen-bond acceptors (Lipinski definition) is 3. The summed E-state index contributed by atoms with van der Waals surface area (Å²) in [7, 11) is 0. The smallest absolute Gasteiger partial charge is 0.326 e. The number of hydrogen-bond donors (Lipinski definition) is 1. The monoisotopic (exact) mass is 343 g/mol. The Hall–Kier alpha value is -2.10. The molecule has 0 saturated heterocycles. The Morgan fingerprint density at radius 1 is 1.17 bits per heavy atom. The Bertz CT molecular complexity index is 683. The van der Waals surface area contributed by atoms with Crippen molar-refractivity contribution in [1.82, 2.24) is 0 Å². The van der Waals surface area contributed by atoms with Crippen molar-refractivity contribution in [3.8, 4) is 0 Å². The molecule has 3 nitrogen and oxygen atoms in total. The van der Waals surface area contributed by atoms with Crippen LogP contribution in [0.4, 0.5) is 0 Å². The maximum Gasteiger partial charge on any atom is 0.326 e. The van der Waals surface area contributed by atoms with E-state index >= 15 is 0 Å². The van der Waals surface area contributed by atoms with Crippen LogP contribution >= 0.6 is 11.6 Å². The lowest BCUT2D eigenvalue weighted by Gasteiger charge is -2.26. The van der Waals surface area contributed by atoms with Crippen LogP contribution in [0.25, 0.3) is 6.08 Å². The fourth-order valence-electron chi connectivity index (χ4n) is 2.44. The van der Waals surface area contributed by atoms with Gasteiger partial charge < -0.3 is 10.5 Å². The number of esters is 1. The molecular weight excluding hydrogens is 322 g/mol. The summed E-state index contributed by atoms with van der Waals surface area (Å²) in [4.78, 5) is 12.4. The van der Waals surface area contributed by atoms with Crippen LogP contribution in [-0.4, -0.2) is 18.1 Å². The van der Waals surface area contributed by atoms with Crippen molar-refractivity contribution >= 4 is 23.6 Å². The van der Waals surface area contributed by atoms with Crippen LogP contribution in [0.3, 0.4) is 0 Å². The van der Waals surface area contributed by atoms with Crippen LogP contribution in [-0.2, 0) is 16.0 Å². The van der Waals surface area contributed by atoms with E-state index in [2.05, 4.69) is 0 Å². The standard InChI is InChI=1S/C20H22ClNO2/c1-2-24-19(23)20(22,15-17-7-4-3-5-8-17)14-6-9-16-10-12-18(21)13-11-16/h3-13H,2,14-15,22H2,1H3/b9-6+/t20-/m0/s1. The number of rotatable bonds is 7. The molecule has 126 valence electrons. The van der Waals surface area contributed by atoms with Crippen molar-refractivity contribution in [3.63, 3.8) is 0 Å². The Kier molecular flexibility index (Phi) is 6.59. The van der Waals surface area contributed by atoms with Crippen LogP contribution in [0.2, 0.25) is 5.02 Å². The van der Waals surface area contributed by atoms with E-state index in [0.717, 1.165) is 11.1 Å². The molecule has 2 aromatic carbocycles. The van der Waals surface area contributed by atoms with Gasteiger partial charge in [0, 0.05) is 11.4 Å². The Labute approximate surface area is 148 Å². The molecule has 0 aliphatic carbocycles. The SMILES string of the molecule is CCOC(=O)[C@](N)(C/C=C/c1ccc(Cl)cc1)Cc1ccccc1. The summed E-state index contributed by atoms with van der Waals surface area (Å²) >= 11 is 5.88. The largest absolute Gasteiger partial charge is 0.465 e. The lowest BCUT2D eigenvalue weighted by Crippen LogP contribution is -2.50. The van der Waals surface area contributed by atoms with E-state index in [1.54, 1.807) is 6.92 Å². The molecule has 0 aliphatic heterocycles. The van der Waals surface area contributed by atoms with E-state index < -0.39 is 5.54 Å². The topological polar surface area (TPSA) is 52.3 Å². The molecular formula is C20H22ClNO2. The van der Waals surface area contributed by atoms with Gasteiger partial charge in [0.05, 0.1) is 6.61 Å². The third-order valence-corrected chi connectivity index (χ3v) is 3.96. The number of benzene rings is 2. The predicted octanol–water partition coefficient (Wildman–Crippen LogP) is 4.25. The highest BCUT2D eigenvalue weighted by atomic mass is 35.5. The van der Waals surface area contributed by atoms with Crippen LogP contribution in [0.5, 0.6) is 0 Å². The summed E-state index contributed by atoms with van der Waals surface area (Å²) in [5.41, 5.74) is 7.33. The normalized spacial score (nSPS) is 13.6. The highest BCUT2D eigenvalue weighted by molar-refractivity contribution is 6.30. The molecule has 2 N–H and O–H groups in total. The highest BCUT2D eigenvalue weighted by Gasteiger charge is 2.34. The highest BCUT2D eigenvalue weighted by Crippen LogP contribution is 2.19. The number of halogens is 1. The van der Waals surface area contributed by atoms with Crippen molar-refractivity contribution in [2.45, 2.75) is 25.3 Å². The molecule has 0 heterocycles. The summed E-state index contributed by atoms with van der Waals surface area (Å²) in [5, 5.41) is 0.691. The van der Waals surface area contributed by atoms with Crippen LogP contribution in [0.15, 0.2) is 60.7 Å². The summed E-state index contributed by atoms with van der Waals surface area (Å²) < 4.78 is 5.18. The third-order valence-electron chi connectivity index (χ3n) is 3.71. The molecule has 0 bridgehead atoms. The molecule has 0 unspecified atom stereocenters. The van der Waals surface area contributed by atoms with E-state index in [0.29, 0.717) is 24.5 Å². The second-order valence-electron chi connectivity index (χ2n) is 5.70. The van der Waals surface area contributed by atoms with Crippen molar-refractivity contribution < 1.29 is 9.53 Å². The first kappa shape index (κ1) is 18.2. The van der Waals surface area contributed by atoms with E-state index in [1.165, 1.54) is 0 Å². The first-order chi connectivity index (χ1) is 11.5. The zero-order chi connectivity index (χ0) is 17.4. The molecule has 24 heavy (non-hydrogen) atoms. The molecule has 0 saturated carbocycles. The molecule has 0 spiro atoms. The van der Waals surface area contributed by atoms with Crippen LogP contribution in [0.1, 0.15) is 24.5 Å². The average molecular weight is 344 g/mol. The molecule has 2 rings (SSSR count). The Balaban J connectivity index is 2.13. The minimum Gasteiger partial charge on any atom is -0.465 e. The number of ether oxygens (including phenoxy) is 1.